The molecule has 0 aliphatic heterocycles. The number of hydrogen-bond donors (Lipinski definition) is 0. The van der Waals surface area contributed by atoms with E-state index in [0.29, 0.717) is 0 Å². The van der Waals surface area contributed by atoms with Gasteiger partial charge < -0.3 is 10.2 Å². The van der Waals surface area contributed by atoms with Gasteiger partial charge in [0.2, 0.25) is 0 Å². The summed E-state index contributed by atoms with van der Waals surface area (Å²) in [5.41, 5.74) is 2.80. The van der Waals surface area contributed by atoms with E-state index in [2.05, 4.69) is 72.8 Å². The molecule has 0 atom stereocenters. The van der Waals surface area contributed by atoms with Crippen LogP contribution in [0.5, 0.6) is 0 Å². The predicted molar refractivity (Wildman–Crippen MR) is 93.7 cm³/mol. The van der Waals surface area contributed by atoms with Crippen LogP contribution in [0.3, 0.4) is 0 Å². The summed E-state index contributed by atoms with van der Waals surface area (Å²) in [6, 6.07) is 26.3. The van der Waals surface area contributed by atoms with Crippen molar-refractivity contribution in [2.45, 2.75) is 6.42 Å². The molecule has 0 heterocycles. The van der Waals surface area contributed by atoms with Crippen molar-refractivity contribution in [1.82, 2.24) is 0 Å². The summed E-state index contributed by atoms with van der Waals surface area (Å²) in [7, 11) is 1.50. The molecule has 0 aliphatic rings. The maximum Gasteiger partial charge on any atom is 4.00 e. The van der Waals surface area contributed by atoms with Crippen molar-refractivity contribution >= 4 is 21.5 Å². The van der Waals surface area contributed by atoms with Crippen LogP contribution in [-0.2, 0) is 28.1 Å². The van der Waals surface area contributed by atoms with Crippen LogP contribution in [0.15, 0.2) is 72.8 Å². The molecule has 0 aromatic heterocycles. The quantitative estimate of drug-likeness (QED) is 0.411. The fourth-order valence-corrected chi connectivity index (χ4v) is 2.87. The monoisotopic (exact) mass is 352 g/mol. The molecule has 0 saturated carbocycles. The Morgan fingerprint density at radius 1 is 0.667 bits per heavy atom. The zero-order valence-electron chi connectivity index (χ0n) is 14.0. The Kier molecular flexibility index (Phi) is 8.66. The van der Waals surface area contributed by atoms with Gasteiger partial charge >= 0.3 is 21.7 Å². The molecule has 0 bridgehead atoms. The average Bonchev–Trinajstić information content (AvgIpc) is 3.21. The smallest absolute Gasteiger partial charge is 0.857 e. The Balaban J connectivity index is 0.000000539. The third-order valence-electron chi connectivity index (χ3n) is 3.76. The molecule has 0 spiro atoms. The van der Waals surface area contributed by atoms with E-state index < -0.39 is 0 Å². The van der Waals surface area contributed by atoms with E-state index in [0.717, 1.165) is 20.6 Å². The molecule has 2 nitrogen and oxygen atoms in total. The molecular weight excluding hydrogens is 332 g/mol. The minimum absolute atomic E-state index is 0. The Hall–Kier alpha value is -1.71. The van der Waals surface area contributed by atoms with Crippen LogP contribution in [-0.4, -0.2) is 14.2 Å². The summed E-state index contributed by atoms with van der Waals surface area (Å²) >= 11 is 0. The first-order valence-corrected chi connectivity index (χ1v) is 7.49. The number of rotatable bonds is 2. The molecule has 0 saturated heterocycles. The third-order valence-corrected chi connectivity index (χ3v) is 3.76. The van der Waals surface area contributed by atoms with Crippen LogP contribution in [0, 0.1) is 0 Å². The molecule has 3 heteroatoms. The maximum atomic E-state index is 8.25. The predicted octanol–water partition coefficient (Wildman–Crippen LogP) is 2.97. The van der Waals surface area contributed by atoms with Crippen molar-refractivity contribution in [3.63, 3.8) is 0 Å². The fourth-order valence-electron chi connectivity index (χ4n) is 2.87. The largest absolute Gasteiger partial charge is 4.00 e. The molecule has 0 radical (unpaired) electrons. The second-order valence-electron chi connectivity index (χ2n) is 5.16. The van der Waals surface area contributed by atoms with Crippen LogP contribution >= 0.6 is 0 Å². The molecule has 0 fully saturated rings. The van der Waals surface area contributed by atoms with Gasteiger partial charge in [-0.3, -0.25) is 0 Å². The van der Waals surface area contributed by atoms with Gasteiger partial charge in [0.1, 0.15) is 0 Å². The van der Waals surface area contributed by atoms with Gasteiger partial charge in [-0.05, 0) is 6.42 Å². The zero-order valence-corrected chi connectivity index (χ0v) is 15.5. The van der Waals surface area contributed by atoms with Gasteiger partial charge in [0.15, 0.2) is 0 Å². The molecule has 4 aromatic rings. The molecule has 4 rings (SSSR count). The zero-order chi connectivity index (χ0) is 16.7. The van der Waals surface area contributed by atoms with Gasteiger partial charge in [0, 0.05) is 0 Å². The molecular formula is C21H20O2Ti. The molecule has 0 N–H and O–H groups in total. The van der Waals surface area contributed by atoms with Gasteiger partial charge in [0.25, 0.3) is 0 Å². The minimum atomic E-state index is 0. The van der Waals surface area contributed by atoms with Crippen LogP contribution in [0.1, 0.15) is 11.1 Å². The molecule has 24 heavy (non-hydrogen) atoms. The topological polar surface area (TPSA) is 46.1 Å². The minimum Gasteiger partial charge on any atom is -0.857 e. The van der Waals surface area contributed by atoms with Crippen LogP contribution in [0.4, 0.5) is 0 Å². The van der Waals surface area contributed by atoms with Crippen LogP contribution in [0.2, 0.25) is 0 Å². The molecule has 0 aliphatic carbocycles. The van der Waals surface area contributed by atoms with Crippen molar-refractivity contribution in [1.29, 1.82) is 0 Å². The van der Waals surface area contributed by atoms with Crippen molar-refractivity contribution in [3.8, 4) is 0 Å². The standard InChI is InChI=1S/C19H14.2CH3O.Ti/c1-2-6-17-11-14(10-16(17)5-1)9-15-12-18-7-3-4-8-19(18)13-15;2*1-2;/h1-8,10-13H,9H2;2*1H3;/q-2;2*-1;+4. The summed E-state index contributed by atoms with van der Waals surface area (Å²) in [5, 5.41) is 21.9. The number of benzene rings is 2. The van der Waals surface area contributed by atoms with Crippen LogP contribution < -0.4 is 10.2 Å². The normalized spacial score (nSPS) is 9.50. The second-order valence-corrected chi connectivity index (χ2v) is 5.16. The summed E-state index contributed by atoms with van der Waals surface area (Å²) in [4.78, 5) is 0. The van der Waals surface area contributed by atoms with Gasteiger partial charge in [-0.25, -0.2) is 0 Å². The number of fused-ring (bicyclic) bond motifs is 2. The van der Waals surface area contributed by atoms with E-state index in [4.69, 9.17) is 10.2 Å². The summed E-state index contributed by atoms with van der Waals surface area (Å²) in [6.07, 6.45) is 1.02. The van der Waals surface area contributed by atoms with Crippen LogP contribution in [0.25, 0.3) is 21.5 Å². The summed E-state index contributed by atoms with van der Waals surface area (Å²) in [5.74, 6) is 0. The van der Waals surface area contributed by atoms with Gasteiger partial charge in [-0.15, -0.1) is 81.2 Å². The van der Waals surface area contributed by atoms with Crippen molar-refractivity contribution in [2.75, 3.05) is 14.2 Å². The SMILES string of the molecule is C[O-].C[O-].[Ti+4].c1ccc2[cH-]c(Cc3cc4ccccc4[cH-]3)cc2c1. The molecule has 120 valence electrons. The van der Waals surface area contributed by atoms with Gasteiger partial charge in [-0.1, -0.05) is 12.1 Å². The van der Waals surface area contributed by atoms with Gasteiger partial charge in [0.05, 0.1) is 0 Å². The van der Waals surface area contributed by atoms with Gasteiger partial charge in [-0.2, -0.15) is 26.4 Å². The Morgan fingerprint density at radius 2 is 1.04 bits per heavy atom. The van der Waals surface area contributed by atoms with E-state index >= 15 is 0 Å². The summed E-state index contributed by atoms with van der Waals surface area (Å²) in [6.45, 7) is 0. The third kappa shape index (κ3) is 4.65. The fraction of sp³-hybridized carbons (Fsp3) is 0.143. The first-order valence-electron chi connectivity index (χ1n) is 7.49. The first kappa shape index (κ1) is 20.3. The van der Waals surface area contributed by atoms with Crippen molar-refractivity contribution in [2.24, 2.45) is 0 Å². The van der Waals surface area contributed by atoms with E-state index in [1.807, 2.05) is 0 Å². The summed E-state index contributed by atoms with van der Waals surface area (Å²) < 4.78 is 0. The maximum absolute atomic E-state index is 8.25. The molecule has 4 aromatic carbocycles. The average molecular weight is 352 g/mol. The van der Waals surface area contributed by atoms with Crippen molar-refractivity contribution in [3.05, 3.63) is 83.9 Å². The van der Waals surface area contributed by atoms with E-state index in [9.17, 15) is 0 Å². The number of hydrogen-bond acceptors (Lipinski definition) is 2. The van der Waals surface area contributed by atoms with E-state index in [1.54, 1.807) is 0 Å². The molecule has 0 amide bonds. The second kappa shape index (κ2) is 10.2. The van der Waals surface area contributed by atoms with E-state index in [1.165, 1.54) is 32.7 Å². The Labute approximate surface area is 158 Å². The van der Waals surface area contributed by atoms with E-state index in [-0.39, 0.29) is 21.7 Å². The van der Waals surface area contributed by atoms with Crippen molar-refractivity contribution < 1.29 is 31.9 Å². The Morgan fingerprint density at radius 3 is 1.42 bits per heavy atom. The Bertz CT molecular complexity index is 720. The molecule has 0 unspecified atom stereocenters. The first-order chi connectivity index (χ1) is 11.4.